The van der Waals surface area contributed by atoms with Gasteiger partial charge < -0.3 is 4.74 Å². The first kappa shape index (κ1) is 16.9. The van der Waals surface area contributed by atoms with Crippen LogP contribution in [0.1, 0.15) is 37.0 Å². The molecule has 6 nitrogen and oxygen atoms in total. The van der Waals surface area contributed by atoms with Crippen molar-refractivity contribution in [2.75, 3.05) is 7.11 Å². The van der Waals surface area contributed by atoms with Gasteiger partial charge in [0.15, 0.2) is 0 Å². The maximum absolute atomic E-state index is 12.0. The molecule has 1 saturated carbocycles. The molecule has 2 rings (SSSR count). The van der Waals surface area contributed by atoms with Crippen molar-refractivity contribution in [3.05, 3.63) is 29.8 Å². The molecule has 0 atom stereocenters. The molecule has 0 heterocycles. The number of ketones is 2. The number of nitrogens with one attached hydrogen (secondary N) is 1. The number of nitrogens with zero attached hydrogens (tertiary/aromatic N) is 1. The maximum Gasteiger partial charge on any atom is 0.271 e. The van der Waals surface area contributed by atoms with Crippen molar-refractivity contribution < 1.29 is 19.1 Å². The first-order valence-electron chi connectivity index (χ1n) is 7.35. The molecule has 1 aromatic carbocycles. The zero-order chi connectivity index (χ0) is 17.0. The summed E-state index contributed by atoms with van der Waals surface area (Å²) in [4.78, 5) is 35.9. The molecule has 23 heavy (non-hydrogen) atoms. The predicted molar refractivity (Wildman–Crippen MR) is 85.5 cm³/mol. The zero-order valence-corrected chi connectivity index (χ0v) is 13.5. The van der Waals surface area contributed by atoms with Gasteiger partial charge in [-0.1, -0.05) is 13.8 Å². The highest BCUT2D eigenvalue weighted by Crippen LogP contribution is 2.33. The fraction of sp³-hybridized carbons (Fsp3) is 0.412. The summed E-state index contributed by atoms with van der Waals surface area (Å²) < 4.78 is 5.01. The van der Waals surface area contributed by atoms with Gasteiger partial charge in [-0.25, -0.2) is 5.43 Å². The smallest absolute Gasteiger partial charge is 0.271 e. The SMILES string of the molecule is COc1ccc(C(=O)N/N=C/C2C(=O)CC(C)(C)CC2=O)cc1. The number of benzene rings is 1. The summed E-state index contributed by atoms with van der Waals surface area (Å²) in [6.45, 7) is 3.78. The van der Waals surface area contributed by atoms with E-state index >= 15 is 0 Å². The Morgan fingerprint density at radius 2 is 1.78 bits per heavy atom. The molecule has 122 valence electrons. The molecule has 1 aliphatic carbocycles. The Morgan fingerprint density at radius 3 is 2.30 bits per heavy atom. The van der Waals surface area contributed by atoms with E-state index in [1.54, 1.807) is 31.4 Å². The summed E-state index contributed by atoms with van der Waals surface area (Å²) >= 11 is 0. The van der Waals surface area contributed by atoms with E-state index in [-0.39, 0.29) is 17.0 Å². The van der Waals surface area contributed by atoms with E-state index in [9.17, 15) is 14.4 Å². The molecule has 1 N–H and O–H groups in total. The van der Waals surface area contributed by atoms with Crippen LogP contribution in [0.5, 0.6) is 5.75 Å². The van der Waals surface area contributed by atoms with Crippen molar-refractivity contribution in [3.63, 3.8) is 0 Å². The molecule has 0 saturated heterocycles. The van der Waals surface area contributed by atoms with Gasteiger partial charge in [-0.3, -0.25) is 14.4 Å². The predicted octanol–water partition coefficient (Wildman–Crippen LogP) is 1.99. The van der Waals surface area contributed by atoms with Crippen molar-refractivity contribution in [3.8, 4) is 5.75 Å². The molecular formula is C17H20N2O4. The Bertz CT molecular complexity index is 627. The van der Waals surface area contributed by atoms with Crippen LogP contribution in [-0.2, 0) is 9.59 Å². The van der Waals surface area contributed by atoms with Gasteiger partial charge in [0, 0.05) is 24.6 Å². The minimum absolute atomic E-state index is 0.159. The van der Waals surface area contributed by atoms with Crippen molar-refractivity contribution in [2.45, 2.75) is 26.7 Å². The van der Waals surface area contributed by atoms with Crippen LogP contribution < -0.4 is 10.2 Å². The zero-order valence-electron chi connectivity index (χ0n) is 13.5. The van der Waals surface area contributed by atoms with Crippen molar-refractivity contribution >= 4 is 23.7 Å². The highest BCUT2D eigenvalue weighted by atomic mass is 16.5. The van der Waals surface area contributed by atoms with E-state index in [0.29, 0.717) is 24.2 Å². The van der Waals surface area contributed by atoms with Crippen LogP contribution in [0.2, 0.25) is 0 Å². The second-order valence-corrected chi connectivity index (χ2v) is 6.38. The van der Waals surface area contributed by atoms with Crippen LogP contribution in [0.3, 0.4) is 0 Å². The lowest BCUT2D eigenvalue weighted by molar-refractivity contribution is -0.136. The van der Waals surface area contributed by atoms with Gasteiger partial charge in [-0.05, 0) is 29.7 Å². The summed E-state index contributed by atoms with van der Waals surface area (Å²) in [5.74, 6) is -0.951. The van der Waals surface area contributed by atoms with Crippen LogP contribution in [0.4, 0.5) is 0 Å². The van der Waals surface area contributed by atoms with Crippen LogP contribution in [0.15, 0.2) is 29.4 Å². The molecule has 6 heteroatoms. The lowest BCUT2D eigenvalue weighted by atomic mass is 9.72. The Hall–Kier alpha value is -2.50. The molecule has 1 aromatic rings. The quantitative estimate of drug-likeness (QED) is 0.523. The van der Waals surface area contributed by atoms with E-state index in [1.807, 2.05) is 13.8 Å². The molecule has 0 spiro atoms. The number of Topliss-reactive ketones (excluding diaryl/α,β-unsaturated/α-hetero) is 2. The average Bonchev–Trinajstić information content (AvgIpc) is 2.49. The number of hydrogen-bond donors (Lipinski definition) is 1. The van der Waals surface area contributed by atoms with Crippen LogP contribution in [-0.4, -0.2) is 30.8 Å². The Balaban J connectivity index is 1.96. The standard InChI is InChI=1S/C17H20N2O4/c1-17(2)8-14(20)13(15(21)9-17)10-18-19-16(22)11-4-6-12(23-3)7-5-11/h4-7,10,13H,8-9H2,1-3H3,(H,19,22)/b18-10+. The summed E-state index contributed by atoms with van der Waals surface area (Å²) in [7, 11) is 1.54. The molecule has 0 bridgehead atoms. The number of carbonyl (C=O) groups is 3. The van der Waals surface area contributed by atoms with Gasteiger partial charge in [0.25, 0.3) is 5.91 Å². The fourth-order valence-corrected chi connectivity index (χ4v) is 2.55. The van der Waals surface area contributed by atoms with Gasteiger partial charge in [0.2, 0.25) is 0 Å². The lowest BCUT2D eigenvalue weighted by Gasteiger charge is -2.30. The molecule has 0 aliphatic heterocycles. The molecule has 0 aromatic heterocycles. The second-order valence-electron chi connectivity index (χ2n) is 6.38. The molecule has 1 amide bonds. The van der Waals surface area contributed by atoms with E-state index < -0.39 is 11.8 Å². The number of rotatable bonds is 4. The highest BCUT2D eigenvalue weighted by Gasteiger charge is 2.38. The van der Waals surface area contributed by atoms with Gasteiger partial charge in [-0.15, -0.1) is 0 Å². The second kappa shape index (κ2) is 6.73. The fourth-order valence-electron chi connectivity index (χ4n) is 2.55. The molecule has 0 unspecified atom stereocenters. The number of carbonyl (C=O) groups excluding carboxylic acids is 3. The molecule has 0 radical (unpaired) electrons. The van der Waals surface area contributed by atoms with Crippen molar-refractivity contribution in [1.29, 1.82) is 0 Å². The first-order valence-corrected chi connectivity index (χ1v) is 7.35. The Morgan fingerprint density at radius 1 is 1.22 bits per heavy atom. The number of hydrazone groups is 1. The van der Waals surface area contributed by atoms with E-state index in [1.165, 1.54) is 6.21 Å². The van der Waals surface area contributed by atoms with Crippen LogP contribution >= 0.6 is 0 Å². The molecule has 1 fully saturated rings. The Kier molecular flexibility index (Phi) is 4.93. The summed E-state index contributed by atoms with van der Waals surface area (Å²) in [5.41, 5.74) is 2.44. The summed E-state index contributed by atoms with van der Waals surface area (Å²) in [6, 6.07) is 6.52. The largest absolute Gasteiger partial charge is 0.497 e. The monoisotopic (exact) mass is 316 g/mol. The molecular weight excluding hydrogens is 296 g/mol. The number of ether oxygens (including phenoxy) is 1. The van der Waals surface area contributed by atoms with Gasteiger partial charge in [-0.2, -0.15) is 5.10 Å². The van der Waals surface area contributed by atoms with Gasteiger partial charge in [0.1, 0.15) is 23.2 Å². The average molecular weight is 316 g/mol. The van der Waals surface area contributed by atoms with E-state index in [0.717, 1.165) is 0 Å². The van der Waals surface area contributed by atoms with E-state index in [2.05, 4.69) is 10.5 Å². The highest BCUT2D eigenvalue weighted by molar-refractivity contribution is 6.16. The molecule has 1 aliphatic rings. The third kappa shape index (κ3) is 4.25. The van der Waals surface area contributed by atoms with Crippen LogP contribution in [0, 0.1) is 11.3 Å². The number of hydrogen-bond acceptors (Lipinski definition) is 5. The maximum atomic E-state index is 12.0. The van der Waals surface area contributed by atoms with Gasteiger partial charge >= 0.3 is 0 Å². The minimum atomic E-state index is -0.862. The Labute approximate surface area is 134 Å². The summed E-state index contributed by atoms with van der Waals surface area (Å²) in [6.07, 6.45) is 1.89. The minimum Gasteiger partial charge on any atom is -0.497 e. The first-order chi connectivity index (χ1) is 10.8. The van der Waals surface area contributed by atoms with Crippen LogP contribution in [0.25, 0.3) is 0 Å². The van der Waals surface area contributed by atoms with E-state index in [4.69, 9.17) is 4.74 Å². The van der Waals surface area contributed by atoms with Crippen molar-refractivity contribution in [1.82, 2.24) is 5.43 Å². The third-order valence-corrected chi connectivity index (χ3v) is 3.74. The third-order valence-electron chi connectivity index (χ3n) is 3.74. The van der Waals surface area contributed by atoms with Gasteiger partial charge in [0.05, 0.1) is 7.11 Å². The lowest BCUT2D eigenvalue weighted by Crippen LogP contribution is -2.38. The summed E-state index contributed by atoms with van der Waals surface area (Å²) in [5, 5.41) is 3.77. The topological polar surface area (TPSA) is 84.8 Å². The number of amides is 1. The normalized spacial score (nSPS) is 18.2. The van der Waals surface area contributed by atoms with Crippen molar-refractivity contribution in [2.24, 2.45) is 16.4 Å². The number of methoxy groups -OCH3 is 1.